The highest BCUT2D eigenvalue weighted by molar-refractivity contribution is 7.10. The largest absolute Gasteiger partial charge is 0.377 e. The Morgan fingerprint density at radius 1 is 1.45 bits per heavy atom. The van der Waals surface area contributed by atoms with Crippen molar-refractivity contribution in [3.05, 3.63) is 22.4 Å². The predicted molar refractivity (Wildman–Crippen MR) is 89.3 cm³/mol. The summed E-state index contributed by atoms with van der Waals surface area (Å²) in [5.74, 6) is 0.336. The number of ether oxygens (including phenoxy) is 1. The van der Waals surface area contributed by atoms with Crippen molar-refractivity contribution < 1.29 is 9.53 Å². The zero-order valence-corrected chi connectivity index (χ0v) is 14.4. The quantitative estimate of drug-likeness (QED) is 0.853. The normalized spacial score (nSPS) is 24.9. The molecule has 122 valence electrons. The Morgan fingerprint density at radius 3 is 2.86 bits per heavy atom. The average Bonchev–Trinajstić information content (AvgIpc) is 3.18. The Balaban J connectivity index is 1.86. The minimum atomic E-state index is -0.268. The summed E-state index contributed by atoms with van der Waals surface area (Å²) in [5, 5.41) is 2.10. The number of rotatable bonds is 4. The molecule has 0 spiro atoms. The first kappa shape index (κ1) is 16.0. The number of thiophene rings is 1. The van der Waals surface area contributed by atoms with Crippen molar-refractivity contribution in [3.8, 4) is 0 Å². The van der Waals surface area contributed by atoms with E-state index in [-0.39, 0.29) is 11.5 Å². The van der Waals surface area contributed by atoms with Crippen LogP contribution in [0.25, 0.3) is 0 Å². The van der Waals surface area contributed by atoms with Gasteiger partial charge in [0.15, 0.2) is 0 Å². The molecule has 5 heteroatoms. The van der Waals surface area contributed by atoms with E-state index in [9.17, 15) is 4.79 Å². The van der Waals surface area contributed by atoms with Crippen LogP contribution in [0.1, 0.15) is 30.6 Å². The average molecular weight is 322 g/mol. The summed E-state index contributed by atoms with van der Waals surface area (Å²) in [7, 11) is 4.11. The van der Waals surface area contributed by atoms with E-state index in [2.05, 4.69) is 41.4 Å². The summed E-state index contributed by atoms with van der Waals surface area (Å²) in [6.45, 7) is 2.91. The Labute approximate surface area is 137 Å². The summed E-state index contributed by atoms with van der Waals surface area (Å²) in [6.07, 6.45) is 4.31. The Morgan fingerprint density at radius 2 is 2.23 bits per heavy atom. The third kappa shape index (κ3) is 2.94. The van der Waals surface area contributed by atoms with Crippen molar-refractivity contribution in [1.29, 1.82) is 0 Å². The van der Waals surface area contributed by atoms with Gasteiger partial charge in [-0.25, -0.2) is 0 Å². The van der Waals surface area contributed by atoms with Gasteiger partial charge in [0.1, 0.15) is 0 Å². The summed E-state index contributed by atoms with van der Waals surface area (Å²) in [6, 6.07) is 4.40. The standard InChI is InChI=1S/C17H26N2O2S/c1-18(2)12-14-13-21-10-9-19(14)16(20)17(7-3-4-8-17)15-6-5-11-22-15/h5-6,11,14H,3-4,7-10,12-13H2,1-2H3/t14-/m0/s1. The van der Waals surface area contributed by atoms with Crippen LogP contribution >= 0.6 is 11.3 Å². The molecule has 1 aliphatic carbocycles. The van der Waals surface area contributed by atoms with Gasteiger partial charge in [0, 0.05) is 18.0 Å². The van der Waals surface area contributed by atoms with E-state index in [0.29, 0.717) is 19.1 Å². The van der Waals surface area contributed by atoms with Gasteiger partial charge in [0.2, 0.25) is 5.91 Å². The molecule has 3 rings (SSSR count). The molecule has 0 radical (unpaired) electrons. The second-order valence-corrected chi connectivity index (χ2v) is 7.70. The lowest BCUT2D eigenvalue weighted by Gasteiger charge is -2.42. The van der Waals surface area contributed by atoms with Crippen LogP contribution in [0.5, 0.6) is 0 Å². The molecule has 1 atom stereocenters. The molecule has 1 aliphatic heterocycles. The maximum atomic E-state index is 13.5. The second kappa shape index (κ2) is 6.69. The van der Waals surface area contributed by atoms with Crippen molar-refractivity contribution in [3.63, 3.8) is 0 Å². The highest BCUT2D eigenvalue weighted by Crippen LogP contribution is 2.44. The molecule has 0 bridgehead atoms. The van der Waals surface area contributed by atoms with Gasteiger partial charge in [-0.1, -0.05) is 18.9 Å². The highest BCUT2D eigenvalue weighted by atomic mass is 32.1. The lowest BCUT2D eigenvalue weighted by Crippen LogP contribution is -2.57. The molecular weight excluding hydrogens is 296 g/mol. The number of hydrogen-bond donors (Lipinski definition) is 0. The number of amides is 1. The minimum absolute atomic E-state index is 0.175. The van der Waals surface area contributed by atoms with Gasteiger partial charge in [-0.2, -0.15) is 0 Å². The van der Waals surface area contributed by atoms with E-state index in [0.717, 1.165) is 38.8 Å². The van der Waals surface area contributed by atoms with Crippen LogP contribution in [0.3, 0.4) is 0 Å². The highest BCUT2D eigenvalue weighted by Gasteiger charge is 2.47. The maximum absolute atomic E-state index is 13.5. The first-order chi connectivity index (χ1) is 10.6. The van der Waals surface area contributed by atoms with Crippen LogP contribution in [0, 0.1) is 0 Å². The van der Waals surface area contributed by atoms with E-state index in [4.69, 9.17) is 4.74 Å². The van der Waals surface area contributed by atoms with Crippen molar-refractivity contribution in [2.75, 3.05) is 40.4 Å². The van der Waals surface area contributed by atoms with Crippen LogP contribution in [-0.2, 0) is 14.9 Å². The maximum Gasteiger partial charge on any atom is 0.234 e. The van der Waals surface area contributed by atoms with Crippen LogP contribution in [0.2, 0.25) is 0 Å². The number of hydrogen-bond acceptors (Lipinski definition) is 4. The van der Waals surface area contributed by atoms with Gasteiger partial charge in [0.25, 0.3) is 0 Å². The van der Waals surface area contributed by atoms with Crippen LogP contribution in [-0.4, -0.2) is 62.1 Å². The van der Waals surface area contributed by atoms with Gasteiger partial charge >= 0.3 is 0 Å². The van der Waals surface area contributed by atoms with Crippen LogP contribution in [0.15, 0.2) is 17.5 Å². The molecule has 1 aromatic heterocycles. The first-order valence-electron chi connectivity index (χ1n) is 8.21. The Bertz CT molecular complexity index is 495. The molecular formula is C17H26N2O2S. The lowest BCUT2D eigenvalue weighted by atomic mass is 9.82. The summed E-state index contributed by atoms with van der Waals surface area (Å²) in [5.41, 5.74) is -0.268. The number of likely N-dealkylation sites (N-methyl/N-ethyl adjacent to an activating group) is 1. The Kier molecular flexibility index (Phi) is 4.85. The molecule has 2 aliphatic rings. The van der Waals surface area contributed by atoms with E-state index < -0.39 is 0 Å². The molecule has 1 saturated heterocycles. The molecule has 1 saturated carbocycles. The first-order valence-corrected chi connectivity index (χ1v) is 9.09. The fourth-order valence-corrected chi connectivity index (χ4v) is 4.84. The van der Waals surface area contributed by atoms with Gasteiger partial charge < -0.3 is 14.5 Å². The molecule has 0 N–H and O–H groups in total. The van der Waals surface area contributed by atoms with Gasteiger partial charge in [-0.15, -0.1) is 11.3 Å². The van der Waals surface area contributed by atoms with E-state index in [1.807, 2.05) is 0 Å². The Hall–Kier alpha value is -0.910. The fraction of sp³-hybridized carbons (Fsp3) is 0.706. The predicted octanol–water partition coefficient (Wildman–Crippen LogP) is 2.35. The monoisotopic (exact) mass is 322 g/mol. The molecule has 2 heterocycles. The van der Waals surface area contributed by atoms with Gasteiger partial charge in [-0.05, 0) is 38.4 Å². The second-order valence-electron chi connectivity index (χ2n) is 6.76. The summed E-state index contributed by atoms with van der Waals surface area (Å²) >= 11 is 1.74. The lowest BCUT2D eigenvalue weighted by molar-refractivity contribution is -0.146. The van der Waals surface area contributed by atoms with Gasteiger partial charge in [-0.3, -0.25) is 4.79 Å². The molecule has 0 unspecified atom stereocenters. The zero-order chi connectivity index (χ0) is 15.6. The minimum Gasteiger partial charge on any atom is -0.377 e. The van der Waals surface area contributed by atoms with Crippen LogP contribution in [0.4, 0.5) is 0 Å². The molecule has 2 fully saturated rings. The van der Waals surface area contributed by atoms with Crippen molar-refractivity contribution in [1.82, 2.24) is 9.80 Å². The van der Waals surface area contributed by atoms with Crippen molar-refractivity contribution in [2.45, 2.75) is 37.1 Å². The molecule has 1 aromatic rings. The number of carbonyl (C=O) groups is 1. The van der Waals surface area contributed by atoms with Gasteiger partial charge in [0.05, 0.1) is 24.7 Å². The topological polar surface area (TPSA) is 32.8 Å². The fourth-order valence-electron chi connectivity index (χ4n) is 3.86. The SMILES string of the molecule is CN(C)C[C@H]1COCCN1C(=O)C1(c2cccs2)CCCC1. The summed E-state index contributed by atoms with van der Waals surface area (Å²) in [4.78, 5) is 19.0. The van der Waals surface area contributed by atoms with Crippen molar-refractivity contribution >= 4 is 17.2 Å². The van der Waals surface area contributed by atoms with E-state index in [1.54, 1.807) is 11.3 Å². The third-order valence-corrected chi connectivity index (χ3v) is 6.00. The zero-order valence-electron chi connectivity index (χ0n) is 13.6. The summed E-state index contributed by atoms with van der Waals surface area (Å²) < 4.78 is 5.63. The molecule has 0 aromatic carbocycles. The number of carbonyl (C=O) groups excluding carboxylic acids is 1. The molecule has 4 nitrogen and oxygen atoms in total. The smallest absolute Gasteiger partial charge is 0.234 e. The van der Waals surface area contributed by atoms with Crippen LogP contribution < -0.4 is 0 Å². The number of morpholine rings is 1. The molecule has 1 amide bonds. The van der Waals surface area contributed by atoms with E-state index in [1.165, 1.54) is 4.88 Å². The van der Waals surface area contributed by atoms with E-state index >= 15 is 0 Å². The third-order valence-electron chi connectivity index (χ3n) is 4.92. The number of nitrogens with zero attached hydrogens (tertiary/aromatic N) is 2. The van der Waals surface area contributed by atoms with Crippen molar-refractivity contribution in [2.24, 2.45) is 0 Å². The molecule has 22 heavy (non-hydrogen) atoms.